The van der Waals surface area contributed by atoms with Crippen LogP contribution in [0.15, 0.2) is 23.8 Å². The van der Waals surface area contributed by atoms with Crippen molar-refractivity contribution in [3.8, 4) is 0 Å². The minimum absolute atomic E-state index is 0.113. The molecule has 1 heterocycles. The van der Waals surface area contributed by atoms with Crippen molar-refractivity contribution in [1.29, 1.82) is 0 Å². The molecule has 0 aliphatic carbocycles. The van der Waals surface area contributed by atoms with Gasteiger partial charge in [-0.05, 0) is 43.9 Å². The Hall–Kier alpha value is -0.560. The van der Waals surface area contributed by atoms with E-state index < -0.39 is 0 Å². The summed E-state index contributed by atoms with van der Waals surface area (Å²) in [5.41, 5.74) is 2.36. The predicted octanol–water partition coefficient (Wildman–Crippen LogP) is 3.32. The smallest absolute Gasteiger partial charge is 0.0976 e. The largest absolute Gasteiger partial charge is 0.360 e. The van der Waals surface area contributed by atoms with Gasteiger partial charge in [-0.1, -0.05) is 20.4 Å². The van der Waals surface area contributed by atoms with Gasteiger partial charge >= 0.3 is 0 Å². The zero-order chi connectivity index (χ0) is 10.2. The van der Waals surface area contributed by atoms with Crippen molar-refractivity contribution < 1.29 is 4.74 Å². The highest BCUT2D eigenvalue weighted by Crippen LogP contribution is 2.36. The van der Waals surface area contributed by atoms with Crippen LogP contribution in [0.5, 0.6) is 0 Å². The number of hydrogen-bond donors (Lipinski definition) is 0. The molecular weight excluding hydrogens is 160 g/mol. The van der Waals surface area contributed by atoms with Crippen LogP contribution in [0, 0.1) is 5.92 Å². The third-order valence-corrected chi connectivity index (χ3v) is 2.56. The number of rotatable bonds is 2. The lowest BCUT2D eigenvalue weighted by Crippen LogP contribution is -2.27. The van der Waals surface area contributed by atoms with Gasteiger partial charge in [0.15, 0.2) is 0 Å². The Morgan fingerprint density at radius 1 is 1.54 bits per heavy atom. The van der Waals surface area contributed by atoms with E-state index in [0.717, 1.165) is 5.57 Å². The van der Waals surface area contributed by atoms with E-state index in [2.05, 4.69) is 40.3 Å². The first-order valence-corrected chi connectivity index (χ1v) is 4.90. The van der Waals surface area contributed by atoms with Crippen molar-refractivity contribution >= 4 is 0 Å². The van der Waals surface area contributed by atoms with E-state index in [9.17, 15) is 0 Å². The molecule has 0 N–H and O–H groups in total. The van der Waals surface area contributed by atoms with Crippen molar-refractivity contribution in [1.82, 2.24) is 0 Å². The molecule has 0 saturated heterocycles. The predicted molar refractivity (Wildman–Crippen MR) is 56.7 cm³/mol. The average Bonchev–Trinajstić information content (AvgIpc) is 2.25. The highest BCUT2D eigenvalue weighted by Gasteiger charge is 2.35. The lowest BCUT2D eigenvalue weighted by atomic mass is 9.89. The summed E-state index contributed by atoms with van der Waals surface area (Å²) in [4.78, 5) is 0. The number of ether oxygens (including phenoxy) is 1. The molecule has 74 valence electrons. The van der Waals surface area contributed by atoms with Gasteiger partial charge in [0.2, 0.25) is 0 Å². The van der Waals surface area contributed by atoms with Gasteiger partial charge in [0.05, 0.1) is 11.7 Å². The van der Waals surface area contributed by atoms with Crippen LogP contribution in [0.25, 0.3) is 0 Å². The average molecular weight is 180 g/mol. The topological polar surface area (TPSA) is 9.23 Å². The molecule has 1 atom stereocenters. The lowest BCUT2D eigenvalue weighted by molar-refractivity contribution is 0.00843. The van der Waals surface area contributed by atoms with Crippen molar-refractivity contribution in [3.63, 3.8) is 0 Å². The van der Waals surface area contributed by atoms with E-state index in [4.69, 9.17) is 4.74 Å². The standard InChI is InChI=1S/C12H20O/c1-8(2)10-7-11(9(3)4)13-12(10,5)6/h7-8,11H,3H2,1-2,4-6H3. The normalized spacial score (nSPS) is 26.3. The van der Waals surface area contributed by atoms with Gasteiger partial charge in [-0.15, -0.1) is 0 Å². The fraction of sp³-hybridized carbons (Fsp3) is 0.667. The molecule has 1 nitrogen and oxygen atoms in total. The van der Waals surface area contributed by atoms with Crippen LogP contribution >= 0.6 is 0 Å². The first kappa shape index (κ1) is 10.5. The van der Waals surface area contributed by atoms with Crippen LogP contribution in [0.4, 0.5) is 0 Å². The van der Waals surface area contributed by atoms with Crippen LogP contribution in [0.3, 0.4) is 0 Å². The molecule has 0 aromatic carbocycles. The fourth-order valence-corrected chi connectivity index (χ4v) is 1.91. The van der Waals surface area contributed by atoms with Crippen molar-refractivity contribution in [2.45, 2.75) is 46.3 Å². The van der Waals surface area contributed by atoms with E-state index in [1.807, 2.05) is 6.92 Å². The van der Waals surface area contributed by atoms with Crippen molar-refractivity contribution in [2.24, 2.45) is 5.92 Å². The summed E-state index contributed by atoms with van der Waals surface area (Å²) in [6, 6.07) is 0. The molecule has 0 saturated carbocycles. The van der Waals surface area contributed by atoms with Crippen molar-refractivity contribution in [3.05, 3.63) is 23.8 Å². The highest BCUT2D eigenvalue weighted by atomic mass is 16.5. The lowest BCUT2D eigenvalue weighted by Gasteiger charge is -2.26. The van der Waals surface area contributed by atoms with Gasteiger partial charge in [-0.3, -0.25) is 0 Å². The Morgan fingerprint density at radius 3 is 2.31 bits per heavy atom. The van der Waals surface area contributed by atoms with E-state index in [0.29, 0.717) is 5.92 Å². The summed E-state index contributed by atoms with van der Waals surface area (Å²) >= 11 is 0. The van der Waals surface area contributed by atoms with E-state index in [1.165, 1.54) is 5.57 Å². The van der Waals surface area contributed by atoms with E-state index in [1.54, 1.807) is 0 Å². The Kier molecular flexibility index (Phi) is 2.67. The van der Waals surface area contributed by atoms with Gasteiger partial charge in [0.25, 0.3) is 0 Å². The zero-order valence-corrected chi connectivity index (χ0v) is 9.35. The second-order valence-corrected chi connectivity index (χ2v) is 4.67. The zero-order valence-electron chi connectivity index (χ0n) is 9.35. The Bertz CT molecular complexity index is 246. The second kappa shape index (κ2) is 3.30. The molecule has 0 radical (unpaired) electrons. The molecule has 0 bridgehead atoms. The Balaban J connectivity index is 2.91. The van der Waals surface area contributed by atoms with Gasteiger partial charge in [-0.2, -0.15) is 0 Å². The van der Waals surface area contributed by atoms with Crippen LogP contribution in [0.1, 0.15) is 34.6 Å². The molecule has 0 aromatic heterocycles. The fourth-order valence-electron chi connectivity index (χ4n) is 1.91. The van der Waals surface area contributed by atoms with Crippen LogP contribution in [-0.4, -0.2) is 11.7 Å². The molecule has 1 rings (SSSR count). The minimum atomic E-state index is -0.113. The SMILES string of the molecule is C=C(C)C1C=C(C(C)C)C(C)(C)O1. The summed E-state index contributed by atoms with van der Waals surface area (Å²) in [5.74, 6) is 0.555. The Morgan fingerprint density at radius 2 is 2.08 bits per heavy atom. The maximum Gasteiger partial charge on any atom is 0.0976 e. The monoisotopic (exact) mass is 180 g/mol. The summed E-state index contributed by atoms with van der Waals surface area (Å²) < 4.78 is 5.89. The van der Waals surface area contributed by atoms with E-state index >= 15 is 0 Å². The highest BCUT2D eigenvalue weighted by molar-refractivity contribution is 5.28. The third kappa shape index (κ3) is 2.02. The minimum Gasteiger partial charge on any atom is -0.360 e. The maximum atomic E-state index is 5.89. The van der Waals surface area contributed by atoms with Gasteiger partial charge in [0.1, 0.15) is 0 Å². The molecule has 1 aliphatic heterocycles. The maximum absolute atomic E-state index is 5.89. The van der Waals surface area contributed by atoms with E-state index in [-0.39, 0.29) is 11.7 Å². The molecule has 1 aliphatic rings. The van der Waals surface area contributed by atoms with Gasteiger partial charge in [-0.25, -0.2) is 0 Å². The van der Waals surface area contributed by atoms with Gasteiger partial charge in [0, 0.05) is 0 Å². The molecule has 1 unspecified atom stereocenters. The Labute approximate surface area is 81.5 Å². The molecule has 0 spiro atoms. The molecule has 0 aromatic rings. The summed E-state index contributed by atoms with van der Waals surface area (Å²) in [5, 5.41) is 0. The molecule has 13 heavy (non-hydrogen) atoms. The van der Waals surface area contributed by atoms with Crippen LogP contribution in [0.2, 0.25) is 0 Å². The molecule has 1 heteroatoms. The first-order valence-electron chi connectivity index (χ1n) is 4.90. The summed E-state index contributed by atoms with van der Waals surface area (Å²) in [7, 11) is 0. The molecule has 0 fully saturated rings. The molecule has 0 amide bonds. The summed E-state index contributed by atoms with van der Waals surface area (Å²) in [6.45, 7) is 14.6. The van der Waals surface area contributed by atoms with Gasteiger partial charge < -0.3 is 4.74 Å². The van der Waals surface area contributed by atoms with Crippen LogP contribution < -0.4 is 0 Å². The third-order valence-electron chi connectivity index (χ3n) is 2.56. The van der Waals surface area contributed by atoms with Crippen molar-refractivity contribution in [2.75, 3.05) is 0 Å². The molecular formula is C12H20O. The summed E-state index contributed by atoms with van der Waals surface area (Å²) in [6.07, 6.45) is 2.33. The van der Waals surface area contributed by atoms with Crippen LogP contribution in [-0.2, 0) is 4.74 Å². The first-order chi connectivity index (χ1) is 5.84. The quantitative estimate of drug-likeness (QED) is 0.592. The second-order valence-electron chi connectivity index (χ2n) is 4.67. The number of hydrogen-bond acceptors (Lipinski definition) is 1.